The lowest BCUT2D eigenvalue weighted by atomic mass is 9.96. The maximum Gasteiger partial charge on any atom is 0.249 e. The molecule has 1 aliphatic heterocycles. The fourth-order valence-corrected chi connectivity index (χ4v) is 4.10. The Kier molecular flexibility index (Phi) is 8.22. The van der Waals surface area contributed by atoms with Crippen LogP contribution in [-0.2, 0) is 0 Å². The van der Waals surface area contributed by atoms with Crippen LogP contribution in [0.1, 0.15) is 38.5 Å². The molecule has 1 aliphatic carbocycles. The van der Waals surface area contributed by atoms with Gasteiger partial charge >= 0.3 is 0 Å². The lowest BCUT2D eigenvalue weighted by molar-refractivity contribution is 0.0940. The Bertz CT molecular complexity index is 812. The van der Waals surface area contributed by atoms with Crippen LogP contribution >= 0.6 is 12.1 Å². The van der Waals surface area contributed by atoms with E-state index in [0.29, 0.717) is 43.3 Å². The summed E-state index contributed by atoms with van der Waals surface area (Å²) in [5.41, 5.74) is 0.424. The summed E-state index contributed by atoms with van der Waals surface area (Å²) in [4.78, 5) is 22.7. The van der Waals surface area contributed by atoms with Crippen molar-refractivity contribution in [3.8, 4) is 0 Å². The molecule has 8 nitrogen and oxygen atoms in total. The molecule has 0 atom stereocenters. The number of nitrogens with one attached hydrogen (secondary N) is 3. The van der Waals surface area contributed by atoms with Crippen LogP contribution in [0, 0.1) is 0 Å². The maximum atomic E-state index is 12.2. The van der Waals surface area contributed by atoms with Gasteiger partial charge in [0.1, 0.15) is 11.8 Å². The predicted molar refractivity (Wildman–Crippen MR) is 114 cm³/mol. The minimum atomic E-state index is -0.640. The van der Waals surface area contributed by atoms with E-state index in [-0.39, 0.29) is 11.7 Å². The van der Waals surface area contributed by atoms with Crippen molar-refractivity contribution in [3.63, 3.8) is 0 Å². The van der Waals surface area contributed by atoms with Crippen molar-refractivity contribution < 1.29 is 9.50 Å². The zero-order valence-electron chi connectivity index (χ0n) is 16.6. The van der Waals surface area contributed by atoms with Crippen molar-refractivity contribution >= 4 is 29.1 Å². The van der Waals surface area contributed by atoms with Crippen LogP contribution in [0.4, 0.5) is 10.3 Å². The third-order valence-electron chi connectivity index (χ3n) is 5.11. The van der Waals surface area contributed by atoms with Crippen molar-refractivity contribution in [2.24, 2.45) is 0 Å². The van der Waals surface area contributed by atoms with Gasteiger partial charge in [-0.25, -0.2) is 13.7 Å². The van der Waals surface area contributed by atoms with E-state index < -0.39 is 6.17 Å². The van der Waals surface area contributed by atoms with E-state index >= 15 is 0 Å². The number of rotatable bonds is 4. The largest absolute Gasteiger partial charge is 0.393 e. The first-order valence-corrected chi connectivity index (χ1v) is 10.8. The van der Waals surface area contributed by atoms with Crippen molar-refractivity contribution in [2.45, 2.75) is 56.8 Å². The molecule has 0 amide bonds. The molecule has 3 heterocycles. The molecule has 0 radical (unpaired) electrons. The molecular weight excluding hydrogens is 395 g/mol. The van der Waals surface area contributed by atoms with Gasteiger partial charge in [0.2, 0.25) is 11.5 Å². The van der Waals surface area contributed by atoms with Gasteiger partial charge < -0.3 is 15.4 Å². The molecule has 29 heavy (non-hydrogen) atoms. The molecule has 4 rings (SSSR count). The number of hydrogen-bond donors (Lipinski definition) is 4. The van der Waals surface area contributed by atoms with Crippen molar-refractivity contribution in [1.82, 2.24) is 24.0 Å². The van der Waals surface area contributed by atoms with Crippen LogP contribution in [0.5, 0.6) is 0 Å². The normalized spacial score (nSPS) is 23.4. The third kappa shape index (κ3) is 6.91. The first-order chi connectivity index (χ1) is 14.0. The van der Waals surface area contributed by atoms with Gasteiger partial charge in [0.25, 0.3) is 0 Å². The van der Waals surface area contributed by atoms with Gasteiger partial charge in [-0.05, 0) is 51.6 Å². The molecule has 1 saturated heterocycles. The minimum Gasteiger partial charge on any atom is -0.393 e. The summed E-state index contributed by atoms with van der Waals surface area (Å²) in [6.07, 6.45) is 5.38. The Morgan fingerprint density at radius 2 is 1.93 bits per heavy atom. The Balaban J connectivity index is 0.000000252. The number of pyridine rings is 1. The highest BCUT2D eigenvalue weighted by molar-refractivity contribution is 7.95. The third-order valence-corrected chi connectivity index (χ3v) is 5.91. The SMILES string of the molecule is CNSN1CCC(Nc2ncc3ccc(=O)[nH]c3n2)CC1.OC1CCC(F)CC1. The molecule has 160 valence electrons. The summed E-state index contributed by atoms with van der Waals surface area (Å²) < 4.78 is 17.6. The summed E-state index contributed by atoms with van der Waals surface area (Å²) in [5.74, 6) is 0.573. The van der Waals surface area contributed by atoms with Crippen molar-refractivity contribution in [3.05, 3.63) is 28.7 Å². The molecule has 2 aromatic heterocycles. The van der Waals surface area contributed by atoms with E-state index in [1.807, 2.05) is 7.05 Å². The van der Waals surface area contributed by atoms with Crippen molar-refractivity contribution in [1.29, 1.82) is 0 Å². The predicted octanol–water partition coefficient (Wildman–Crippen LogP) is 2.24. The van der Waals surface area contributed by atoms with E-state index in [1.165, 1.54) is 6.07 Å². The van der Waals surface area contributed by atoms with Crippen LogP contribution in [0.15, 0.2) is 23.1 Å². The van der Waals surface area contributed by atoms with Gasteiger partial charge in [-0.15, -0.1) is 0 Å². The fraction of sp³-hybridized carbons (Fsp3) is 0.632. The van der Waals surface area contributed by atoms with Gasteiger partial charge in [-0.1, -0.05) is 0 Å². The lowest BCUT2D eigenvalue weighted by Crippen LogP contribution is -2.37. The number of aromatic nitrogens is 3. The number of hydrogen-bond acceptors (Lipinski definition) is 8. The van der Waals surface area contributed by atoms with Gasteiger partial charge in [-0.2, -0.15) is 4.98 Å². The van der Waals surface area contributed by atoms with E-state index in [4.69, 9.17) is 5.11 Å². The Morgan fingerprint density at radius 3 is 2.59 bits per heavy atom. The quantitative estimate of drug-likeness (QED) is 0.554. The first kappa shape index (κ1) is 21.9. The average Bonchev–Trinajstić information content (AvgIpc) is 2.72. The number of nitrogens with zero attached hydrogens (tertiary/aromatic N) is 3. The van der Waals surface area contributed by atoms with Gasteiger partial charge in [0.05, 0.1) is 6.10 Å². The van der Waals surface area contributed by atoms with E-state index in [2.05, 4.69) is 29.3 Å². The van der Waals surface area contributed by atoms with Crippen LogP contribution in [0.25, 0.3) is 11.0 Å². The highest BCUT2D eigenvalue weighted by Gasteiger charge is 2.20. The number of aliphatic hydroxyl groups excluding tert-OH is 1. The summed E-state index contributed by atoms with van der Waals surface area (Å²) in [6.45, 7) is 2.04. The molecule has 10 heteroatoms. The number of piperidine rings is 1. The smallest absolute Gasteiger partial charge is 0.249 e. The summed E-state index contributed by atoms with van der Waals surface area (Å²) >= 11 is 1.65. The Labute approximate surface area is 174 Å². The number of halogens is 1. The van der Waals surface area contributed by atoms with Crippen LogP contribution in [-0.4, -0.2) is 62.8 Å². The van der Waals surface area contributed by atoms with Crippen LogP contribution in [0.3, 0.4) is 0 Å². The van der Waals surface area contributed by atoms with Crippen LogP contribution in [0.2, 0.25) is 0 Å². The molecule has 1 saturated carbocycles. The lowest BCUT2D eigenvalue weighted by Gasteiger charge is -2.30. The second-order valence-electron chi connectivity index (χ2n) is 7.37. The van der Waals surface area contributed by atoms with E-state index in [9.17, 15) is 9.18 Å². The molecule has 2 fully saturated rings. The molecule has 0 bridgehead atoms. The molecule has 2 aromatic rings. The second-order valence-corrected chi connectivity index (χ2v) is 8.48. The number of anilines is 1. The Hall–Kier alpha value is -1.75. The molecule has 2 aliphatic rings. The van der Waals surface area contributed by atoms with E-state index in [0.717, 1.165) is 31.3 Å². The fourth-order valence-electron chi connectivity index (χ4n) is 3.44. The highest BCUT2D eigenvalue weighted by Crippen LogP contribution is 2.20. The minimum absolute atomic E-state index is 0.149. The Morgan fingerprint density at radius 1 is 1.21 bits per heavy atom. The van der Waals surface area contributed by atoms with Gasteiger partial charge in [0, 0.05) is 48.9 Å². The molecular formula is C19H29FN6O2S. The highest BCUT2D eigenvalue weighted by atomic mass is 32.2. The van der Waals surface area contributed by atoms with Crippen LogP contribution < -0.4 is 15.6 Å². The summed E-state index contributed by atoms with van der Waals surface area (Å²) in [6, 6.07) is 3.57. The molecule has 4 N–H and O–H groups in total. The van der Waals surface area contributed by atoms with Crippen molar-refractivity contribution in [2.75, 3.05) is 25.5 Å². The maximum absolute atomic E-state index is 12.2. The van der Waals surface area contributed by atoms with E-state index in [1.54, 1.807) is 24.4 Å². The number of aromatic amines is 1. The zero-order chi connectivity index (χ0) is 20.6. The summed E-state index contributed by atoms with van der Waals surface area (Å²) in [7, 11) is 1.93. The standard InChI is InChI=1S/C13H18N6OS.C6H11FO/c1-14-21-19-6-4-10(5-7-19)16-13-15-8-9-2-3-11(20)17-12(9)18-13;7-5-1-3-6(8)4-2-5/h2-3,8,10,14H,4-7H2,1H3,(H2,15,16,17,18,20);5-6,8H,1-4H2. The molecule has 0 unspecified atom stereocenters. The number of fused-ring (bicyclic) bond motifs is 1. The number of alkyl halides is 1. The second kappa shape index (κ2) is 10.9. The number of aliphatic hydroxyl groups is 1. The molecule has 0 spiro atoms. The molecule has 0 aromatic carbocycles. The topological polar surface area (TPSA) is 106 Å². The monoisotopic (exact) mass is 424 g/mol. The van der Waals surface area contributed by atoms with Gasteiger partial charge in [-0.3, -0.25) is 9.52 Å². The van der Waals surface area contributed by atoms with Gasteiger partial charge in [0.15, 0.2) is 0 Å². The number of H-pyrrole nitrogens is 1. The average molecular weight is 425 g/mol. The first-order valence-electron chi connectivity index (χ1n) is 10.1. The zero-order valence-corrected chi connectivity index (χ0v) is 17.4. The summed E-state index contributed by atoms with van der Waals surface area (Å²) in [5, 5.41) is 13.0.